The molecule has 0 aliphatic rings. The SMILES string of the molecule is Cc1ccc(C(Cl)Cc2ccc3ccccc3c2)o1. The van der Waals surface area contributed by atoms with E-state index in [-0.39, 0.29) is 5.38 Å². The summed E-state index contributed by atoms with van der Waals surface area (Å²) in [6.07, 6.45) is 0.777. The van der Waals surface area contributed by atoms with Gasteiger partial charge in [-0.05, 0) is 41.8 Å². The van der Waals surface area contributed by atoms with E-state index in [0.29, 0.717) is 0 Å². The molecule has 1 atom stereocenters. The van der Waals surface area contributed by atoms with Crippen LogP contribution in [0.5, 0.6) is 0 Å². The molecular weight excluding hydrogens is 256 g/mol. The van der Waals surface area contributed by atoms with Crippen molar-refractivity contribution in [3.05, 3.63) is 71.7 Å². The lowest BCUT2D eigenvalue weighted by molar-refractivity contribution is 0.477. The minimum absolute atomic E-state index is 0.116. The number of hydrogen-bond donors (Lipinski definition) is 0. The van der Waals surface area contributed by atoms with Crippen LogP contribution in [0.15, 0.2) is 59.0 Å². The molecule has 0 fully saturated rings. The van der Waals surface area contributed by atoms with Crippen molar-refractivity contribution in [2.45, 2.75) is 18.7 Å². The summed E-state index contributed by atoms with van der Waals surface area (Å²) in [4.78, 5) is 0. The van der Waals surface area contributed by atoms with Crippen LogP contribution in [0.2, 0.25) is 0 Å². The Morgan fingerprint density at radius 2 is 1.79 bits per heavy atom. The van der Waals surface area contributed by atoms with Gasteiger partial charge in [0.1, 0.15) is 11.5 Å². The van der Waals surface area contributed by atoms with E-state index in [1.165, 1.54) is 16.3 Å². The average molecular weight is 271 g/mol. The summed E-state index contributed by atoms with van der Waals surface area (Å²) < 4.78 is 5.57. The van der Waals surface area contributed by atoms with Gasteiger partial charge < -0.3 is 4.42 Å². The van der Waals surface area contributed by atoms with Gasteiger partial charge in [0.25, 0.3) is 0 Å². The number of rotatable bonds is 3. The maximum atomic E-state index is 6.41. The van der Waals surface area contributed by atoms with E-state index in [4.69, 9.17) is 16.0 Å². The predicted molar refractivity (Wildman–Crippen MR) is 79.7 cm³/mol. The van der Waals surface area contributed by atoms with Crippen LogP contribution in [0.25, 0.3) is 10.8 Å². The lowest BCUT2D eigenvalue weighted by atomic mass is 10.0. The van der Waals surface area contributed by atoms with Crippen LogP contribution in [0, 0.1) is 6.92 Å². The molecule has 1 heterocycles. The molecule has 0 N–H and O–H groups in total. The molecule has 0 bridgehead atoms. The molecule has 2 aromatic carbocycles. The van der Waals surface area contributed by atoms with E-state index >= 15 is 0 Å². The summed E-state index contributed by atoms with van der Waals surface area (Å²) in [6, 6.07) is 18.7. The second kappa shape index (κ2) is 5.10. The van der Waals surface area contributed by atoms with Gasteiger partial charge in [0.05, 0.1) is 5.38 Å². The van der Waals surface area contributed by atoms with Gasteiger partial charge in [-0.1, -0.05) is 42.5 Å². The Hall–Kier alpha value is -1.73. The predicted octanol–water partition coefficient (Wildman–Crippen LogP) is 5.26. The van der Waals surface area contributed by atoms with Crippen molar-refractivity contribution >= 4 is 22.4 Å². The van der Waals surface area contributed by atoms with Crippen LogP contribution in [0.1, 0.15) is 22.5 Å². The van der Waals surface area contributed by atoms with E-state index in [1.54, 1.807) is 0 Å². The molecule has 19 heavy (non-hydrogen) atoms. The van der Waals surface area contributed by atoms with E-state index in [2.05, 4.69) is 42.5 Å². The standard InChI is InChI=1S/C17H15ClO/c1-12-6-9-17(19-12)16(18)11-13-7-8-14-4-2-3-5-15(14)10-13/h2-10,16H,11H2,1H3. The molecule has 1 aromatic heterocycles. The third-order valence-corrected chi connectivity index (χ3v) is 3.67. The Morgan fingerprint density at radius 3 is 2.53 bits per heavy atom. The molecule has 3 aromatic rings. The molecule has 0 saturated heterocycles. The first-order valence-electron chi connectivity index (χ1n) is 6.40. The summed E-state index contributed by atoms with van der Waals surface area (Å²) in [5.41, 5.74) is 1.23. The molecule has 0 aliphatic carbocycles. The monoisotopic (exact) mass is 270 g/mol. The molecule has 2 heteroatoms. The minimum atomic E-state index is -0.116. The molecule has 3 rings (SSSR count). The Labute approximate surface area is 117 Å². The molecule has 0 amide bonds. The smallest absolute Gasteiger partial charge is 0.122 e. The summed E-state index contributed by atoms with van der Waals surface area (Å²) in [7, 11) is 0. The first-order chi connectivity index (χ1) is 9.22. The Balaban J connectivity index is 1.84. The van der Waals surface area contributed by atoms with Gasteiger partial charge in [0, 0.05) is 0 Å². The fourth-order valence-corrected chi connectivity index (χ4v) is 2.59. The lowest BCUT2D eigenvalue weighted by Crippen LogP contribution is -1.94. The third kappa shape index (κ3) is 2.66. The van der Waals surface area contributed by atoms with E-state index in [1.807, 2.05) is 19.1 Å². The van der Waals surface area contributed by atoms with E-state index in [0.717, 1.165) is 17.9 Å². The van der Waals surface area contributed by atoms with Gasteiger partial charge in [-0.15, -0.1) is 11.6 Å². The van der Waals surface area contributed by atoms with Crippen LogP contribution in [-0.2, 0) is 6.42 Å². The van der Waals surface area contributed by atoms with Gasteiger partial charge >= 0.3 is 0 Å². The largest absolute Gasteiger partial charge is 0.465 e. The third-order valence-electron chi connectivity index (χ3n) is 3.30. The van der Waals surface area contributed by atoms with Crippen molar-refractivity contribution < 1.29 is 4.42 Å². The van der Waals surface area contributed by atoms with Crippen molar-refractivity contribution in [3.63, 3.8) is 0 Å². The Bertz CT molecular complexity index is 699. The summed E-state index contributed by atoms with van der Waals surface area (Å²) >= 11 is 6.41. The fourth-order valence-electron chi connectivity index (χ4n) is 2.30. The Kier molecular flexibility index (Phi) is 3.31. The maximum Gasteiger partial charge on any atom is 0.122 e. The van der Waals surface area contributed by atoms with Crippen molar-refractivity contribution in [2.24, 2.45) is 0 Å². The highest BCUT2D eigenvalue weighted by Gasteiger charge is 2.12. The highest BCUT2D eigenvalue weighted by atomic mass is 35.5. The number of hydrogen-bond acceptors (Lipinski definition) is 1. The molecule has 1 unspecified atom stereocenters. The number of fused-ring (bicyclic) bond motifs is 1. The van der Waals surface area contributed by atoms with Crippen molar-refractivity contribution in [1.29, 1.82) is 0 Å². The first-order valence-corrected chi connectivity index (χ1v) is 6.84. The van der Waals surface area contributed by atoms with Gasteiger partial charge in [-0.2, -0.15) is 0 Å². The zero-order valence-electron chi connectivity index (χ0n) is 10.8. The molecule has 0 aliphatic heterocycles. The van der Waals surface area contributed by atoms with Crippen LogP contribution >= 0.6 is 11.6 Å². The van der Waals surface area contributed by atoms with E-state index < -0.39 is 0 Å². The van der Waals surface area contributed by atoms with Crippen molar-refractivity contribution in [2.75, 3.05) is 0 Å². The Morgan fingerprint density at radius 1 is 1.00 bits per heavy atom. The molecule has 96 valence electrons. The summed E-state index contributed by atoms with van der Waals surface area (Å²) in [5.74, 6) is 1.74. The lowest BCUT2D eigenvalue weighted by Gasteiger charge is -2.08. The minimum Gasteiger partial charge on any atom is -0.465 e. The summed E-state index contributed by atoms with van der Waals surface area (Å²) in [6.45, 7) is 1.93. The van der Waals surface area contributed by atoms with Crippen LogP contribution in [0.3, 0.4) is 0 Å². The van der Waals surface area contributed by atoms with Crippen molar-refractivity contribution in [3.8, 4) is 0 Å². The molecule has 0 radical (unpaired) electrons. The van der Waals surface area contributed by atoms with Crippen molar-refractivity contribution in [1.82, 2.24) is 0 Å². The topological polar surface area (TPSA) is 13.1 Å². The number of furan rings is 1. The van der Waals surface area contributed by atoms with Gasteiger partial charge in [0.2, 0.25) is 0 Å². The highest BCUT2D eigenvalue weighted by Crippen LogP contribution is 2.27. The number of aryl methyl sites for hydroxylation is 1. The van der Waals surface area contributed by atoms with Crippen LogP contribution in [-0.4, -0.2) is 0 Å². The van der Waals surface area contributed by atoms with Gasteiger partial charge in [-0.3, -0.25) is 0 Å². The number of halogens is 1. The molecular formula is C17H15ClO. The summed E-state index contributed by atoms with van der Waals surface area (Å²) in [5, 5.41) is 2.39. The van der Waals surface area contributed by atoms with Gasteiger partial charge in [-0.25, -0.2) is 0 Å². The first kappa shape index (κ1) is 12.3. The van der Waals surface area contributed by atoms with E-state index in [9.17, 15) is 0 Å². The molecule has 1 nitrogen and oxygen atoms in total. The normalized spacial score (nSPS) is 12.7. The van der Waals surface area contributed by atoms with Crippen LogP contribution < -0.4 is 0 Å². The zero-order valence-corrected chi connectivity index (χ0v) is 11.5. The average Bonchev–Trinajstić information content (AvgIpc) is 2.85. The second-order valence-corrected chi connectivity index (χ2v) is 5.33. The number of benzene rings is 2. The quantitative estimate of drug-likeness (QED) is 0.592. The maximum absolute atomic E-state index is 6.41. The fraction of sp³-hybridized carbons (Fsp3) is 0.176. The molecule has 0 spiro atoms. The number of alkyl halides is 1. The highest BCUT2D eigenvalue weighted by molar-refractivity contribution is 6.20. The van der Waals surface area contributed by atoms with Crippen LogP contribution in [0.4, 0.5) is 0 Å². The molecule has 0 saturated carbocycles. The van der Waals surface area contributed by atoms with Gasteiger partial charge in [0.15, 0.2) is 0 Å². The second-order valence-electron chi connectivity index (χ2n) is 4.80. The zero-order chi connectivity index (χ0) is 13.2.